The second-order valence-electron chi connectivity index (χ2n) is 5.88. The van der Waals surface area contributed by atoms with Crippen LogP contribution >= 0.6 is 0 Å². The average molecular weight is 255 g/mol. The molecule has 2 fully saturated rings. The van der Waals surface area contributed by atoms with E-state index in [2.05, 4.69) is 16.0 Å². The lowest BCUT2D eigenvalue weighted by molar-refractivity contribution is 0.242. The molecule has 0 amide bonds. The zero-order valence-electron chi connectivity index (χ0n) is 11.6. The van der Waals surface area contributed by atoms with Gasteiger partial charge in [0.2, 0.25) is 0 Å². The Morgan fingerprint density at radius 2 is 2.00 bits per heavy atom. The Hall–Kier alpha value is -1.56. The Labute approximate surface area is 115 Å². The van der Waals surface area contributed by atoms with E-state index in [-0.39, 0.29) is 0 Å². The molecule has 2 heterocycles. The molecule has 19 heavy (non-hydrogen) atoms. The van der Waals surface area contributed by atoms with Crippen LogP contribution in [0, 0.1) is 24.2 Å². The number of anilines is 1. The Morgan fingerprint density at radius 3 is 2.84 bits per heavy atom. The number of piperidine rings is 1. The van der Waals surface area contributed by atoms with E-state index in [0.29, 0.717) is 6.04 Å². The Bertz CT molecular complexity index is 501. The van der Waals surface area contributed by atoms with Crippen LogP contribution in [0.15, 0.2) is 12.1 Å². The fourth-order valence-corrected chi connectivity index (χ4v) is 3.74. The molecule has 100 valence electrons. The number of nitrogens with zero attached hydrogens (tertiary/aromatic N) is 3. The quantitative estimate of drug-likeness (QED) is 0.772. The first-order valence-corrected chi connectivity index (χ1v) is 7.44. The summed E-state index contributed by atoms with van der Waals surface area (Å²) in [4.78, 5) is 7.09. The van der Waals surface area contributed by atoms with Gasteiger partial charge in [-0.25, -0.2) is 4.98 Å². The summed E-state index contributed by atoms with van der Waals surface area (Å²) in [5, 5.41) is 9.32. The number of aryl methyl sites for hydroxylation is 1. The van der Waals surface area contributed by atoms with E-state index < -0.39 is 0 Å². The molecule has 2 atom stereocenters. The molecule has 3 heteroatoms. The van der Waals surface area contributed by atoms with Crippen LogP contribution in [0.5, 0.6) is 0 Å². The van der Waals surface area contributed by atoms with Gasteiger partial charge in [-0.3, -0.25) is 0 Å². The maximum absolute atomic E-state index is 9.32. The van der Waals surface area contributed by atoms with Crippen molar-refractivity contribution >= 4 is 5.82 Å². The van der Waals surface area contributed by atoms with E-state index >= 15 is 0 Å². The highest BCUT2D eigenvalue weighted by Crippen LogP contribution is 2.38. The summed E-state index contributed by atoms with van der Waals surface area (Å²) in [5.41, 5.74) is 1.74. The van der Waals surface area contributed by atoms with Crippen molar-refractivity contribution in [1.82, 2.24) is 4.98 Å². The highest BCUT2D eigenvalue weighted by atomic mass is 15.2. The van der Waals surface area contributed by atoms with Gasteiger partial charge in [-0.2, -0.15) is 5.26 Å². The van der Waals surface area contributed by atoms with Crippen molar-refractivity contribution in [3.63, 3.8) is 0 Å². The molecule has 1 saturated heterocycles. The van der Waals surface area contributed by atoms with Gasteiger partial charge in [-0.05, 0) is 50.7 Å². The lowest BCUT2D eigenvalue weighted by Gasteiger charge is -2.45. The molecule has 3 rings (SSSR count). The molecule has 0 spiro atoms. The third-order valence-corrected chi connectivity index (χ3v) is 4.65. The molecule has 1 aromatic rings. The number of nitriles is 1. The van der Waals surface area contributed by atoms with E-state index in [0.717, 1.165) is 29.5 Å². The first-order chi connectivity index (χ1) is 9.29. The van der Waals surface area contributed by atoms with Gasteiger partial charge in [0.15, 0.2) is 0 Å². The number of fused-ring (bicyclic) bond motifs is 1. The van der Waals surface area contributed by atoms with Gasteiger partial charge >= 0.3 is 0 Å². The van der Waals surface area contributed by atoms with Crippen LogP contribution in [0.3, 0.4) is 0 Å². The first-order valence-electron chi connectivity index (χ1n) is 7.44. The molecule has 1 aliphatic carbocycles. The van der Waals surface area contributed by atoms with E-state index in [9.17, 15) is 5.26 Å². The van der Waals surface area contributed by atoms with Crippen LogP contribution < -0.4 is 4.90 Å². The van der Waals surface area contributed by atoms with Crippen molar-refractivity contribution in [1.29, 1.82) is 5.26 Å². The number of hydrogen-bond acceptors (Lipinski definition) is 3. The van der Waals surface area contributed by atoms with Crippen molar-refractivity contribution in [2.45, 2.75) is 51.5 Å². The highest BCUT2D eigenvalue weighted by molar-refractivity contribution is 5.55. The minimum Gasteiger partial charge on any atom is -0.352 e. The fraction of sp³-hybridized carbons (Fsp3) is 0.625. The monoisotopic (exact) mass is 255 g/mol. The molecular formula is C16H21N3. The van der Waals surface area contributed by atoms with Crippen molar-refractivity contribution in [2.24, 2.45) is 5.92 Å². The van der Waals surface area contributed by atoms with Crippen LogP contribution in [0.2, 0.25) is 0 Å². The summed E-state index contributed by atoms with van der Waals surface area (Å²) < 4.78 is 0. The minimum absolute atomic E-state index is 0.615. The number of rotatable bonds is 1. The summed E-state index contributed by atoms with van der Waals surface area (Å²) in [6.07, 6.45) is 7.92. The molecule has 1 saturated carbocycles. The van der Waals surface area contributed by atoms with Crippen LogP contribution in [-0.4, -0.2) is 17.6 Å². The number of pyridine rings is 1. The molecular weight excluding hydrogens is 234 g/mol. The standard InChI is InChI=1S/C16H21N3/c1-12-8-9-14(11-17)16(18-12)19-10-4-6-13-5-2-3-7-15(13)19/h8-9,13,15H,2-7,10H2,1H3/t13-,15-/m1/s1. The Balaban J connectivity index is 1.96. The van der Waals surface area contributed by atoms with E-state index in [4.69, 9.17) is 0 Å². The normalized spacial score (nSPS) is 26.6. The number of aromatic nitrogens is 1. The van der Waals surface area contributed by atoms with E-state index in [1.807, 2.05) is 19.1 Å². The Kier molecular flexibility index (Phi) is 3.42. The predicted octanol–water partition coefficient (Wildman–Crippen LogP) is 3.42. The largest absolute Gasteiger partial charge is 0.352 e. The third kappa shape index (κ3) is 2.32. The van der Waals surface area contributed by atoms with Crippen molar-refractivity contribution in [2.75, 3.05) is 11.4 Å². The molecule has 0 N–H and O–H groups in total. The smallest absolute Gasteiger partial charge is 0.147 e. The van der Waals surface area contributed by atoms with Crippen molar-refractivity contribution < 1.29 is 0 Å². The molecule has 3 nitrogen and oxygen atoms in total. The van der Waals surface area contributed by atoms with Gasteiger partial charge in [-0.15, -0.1) is 0 Å². The van der Waals surface area contributed by atoms with Gasteiger partial charge in [0, 0.05) is 18.3 Å². The molecule has 0 bridgehead atoms. The SMILES string of the molecule is Cc1ccc(C#N)c(N2CCC[C@H]3CCCC[C@H]32)n1. The van der Waals surface area contributed by atoms with Crippen molar-refractivity contribution in [3.05, 3.63) is 23.4 Å². The van der Waals surface area contributed by atoms with Gasteiger partial charge in [0.25, 0.3) is 0 Å². The summed E-state index contributed by atoms with van der Waals surface area (Å²) in [5.74, 6) is 1.75. The molecule has 1 aliphatic heterocycles. The third-order valence-electron chi connectivity index (χ3n) is 4.65. The molecule has 2 aliphatic rings. The van der Waals surface area contributed by atoms with Crippen LogP contribution in [0.4, 0.5) is 5.82 Å². The van der Waals surface area contributed by atoms with Gasteiger partial charge in [0.05, 0.1) is 5.56 Å². The van der Waals surface area contributed by atoms with Gasteiger partial charge in [-0.1, -0.05) is 12.8 Å². The van der Waals surface area contributed by atoms with Crippen LogP contribution in [-0.2, 0) is 0 Å². The summed E-state index contributed by atoms with van der Waals surface area (Å²) in [7, 11) is 0. The van der Waals surface area contributed by atoms with Gasteiger partial charge < -0.3 is 4.90 Å². The second kappa shape index (κ2) is 5.21. The average Bonchev–Trinajstić information content (AvgIpc) is 2.46. The lowest BCUT2D eigenvalue weighted by atomic mass is 9.78. The van der Waals surface area contributed by atoms with Crippen LogP contribution in [0.25, 0.3) is 0 Å². The van der Waals surface area contributed by atoms with E-state index in [1.54, 1.807) is 0 Å². The zero-order chi connectivity index (χ0) is 13.2. The Morgan fingerprint density at radius 1 is 1.21 bits per heavy atom. The van der Waals surface area contributed by atoms with Crippen LogP contribution in [0.1, 0.15) is 49.8 Å². The molecule has 0 aromatic carbocycles. The zero-order valence-corrected chi connectivity index (χ0v) is 11.6. The first kappa shape index (κ1) is 12.5. The minimum atomic E-state index is 0.615. The molecule has 1 aromatic heterocycles. The summed E-state index contributed by atoms with van der Waals surface area (Å²) in [6.45, 7) is 3.07. The molecule has 0 unspecified atom stereocenters. The second-order valence-corrected chi connectivity index (χ2v) is 5.88. The summed E-state index contributed by atoms with van der Waals surface area (Å²) >= 11 is 0. The maximum Gasteiger partial charge on any atom is 0.147 e. The fourth-order valence-electron chi connectivity index (χ4n) is 3.74. The number of hydrogen-bond donors (Lipinski definition) is 0. The maximum atomic E-state index is 9.32. The highest BCUT2D eigenvalue weighted by Gasteiger charge is 2.34. The molecule has 0 radical (unpaired) electrons. The lowest BCUT2D eigenvalue weighted by Crippen LogP contribution is -2.47. The predicted molar refractivity (Wildman–Crippen MR) is 76.0 cm³/mol. The topological polar surface area (TPSA) is 39.9 Å². The van der Waals surface area contributed by atoms with Gasteiger partial charge in [0.1, 0.15) is 11.9 Å². The van der Waals surface area contributed by atoms with Crippen molar-refractivity contribution in [3.8, 4) is 6.07 Å². The summed E-state index contributed by atoms with van der Waals surface area (Å²) in [6, 6.07) is 6.78. The van der Waals surface area contributed by atoms with E-state index in [1.165, 1.54) is 38.5 Å².